The van der Waals surface area contributed by atoms with E-state index in [0.717, 1.165) is 51.4 Å². The second kappa shape index (κ2) is 4.53. The Bertz CT molecular complexity index is 272. The number of carbonyl (C=O) groups is 1. The number of nitrogens with one attached hydrogen (secondary N) is 1. The average Bonchev–Trinajstić information content (AvgIpc) is 3.03. The van der Waals surface area contributed by atoms with E-state index >= 15 is 0 Å². The van der Waals surface area contributed by atoms with Crippen molar-refractivity contribution in [3.63, 3.8) is 0 Å². The molecule has 0 radical (unpaired) electrons. The van der Waals surface area contributed by atoms with Gasteiger partial charge < -0.3 is 10.2 Å². The van der Waals surface area contributed by atoms with Crippen LogP contribution in [0.4, 0.5) is 0 Å². The van der Waals surface area contributed by atoms with Gasteiger partial charge in [-0.25, -0.2) is 0 Å². The SMILES string of the molecule is Cl.O=C1N(CC2CC2)CCC12CCNCC2. The third-order valence-corrected chi connectivity index (χ3v) is 4.34. The molecule has 3 fully saturated rings. The Balaban J connectivity index is 0.000000963. The van der Waals surface area contributed by atoms with Crippen LogP contribution in [0.15, 0.2) is 0 Å². The van der Waals surface area contributed by atoms with E-state index in [0.29, 0.717) is 5.91 Å². The van der Waals surface area contributed by atoms with Crippen LogP contribution in [0.2, 0.25) is 0 Å². The molecule has 16 heavy (non-hydrogen) atoms. The maximum Gasteiger partial charge on any atom is 0.228 e. The fourth-order valence-electron chi connectivity index (χ4n) is 3.05. The maximum absolute atomic E-state index is 12.3. The zero-order chi connectivity index (χ0) is 10.3. The Kier molecular flexibility index (Phi) is 3.45. The molecule has 1 amide bonds. The molecule has 3 nitrogen and oxygen atoms in total. The number of hydrogen-bond donors (Lipinski definition) is 1. The molecule has 1 aliphatic carbocycles. The molecule has 0 atom stereocenters. The minimum absolute atomic E-state index is 0. The summed E-state index contributed by atoms with van der Waals surface area (Å²) >= 11 is 0. The molecule has 4 heteroatoms. The molecule has 1 N–H and O–H groups in total. The van der Waals surface area contributed by atoms with Crippen molar-refractivity contribution < 1.29 is 4.79 Å². The van der Waals surface area contributed by atoms with Crippen LogP contribution in [0.3, 0.4) is 0 Å². The Labute approximate surface area is 103 Å². The van der Waals surface area contributed by atoms with Gasteiger partial charge in [0.1, 0.15) is 0 Å². The van der Waals surface area contributed by atoms with Crippen molar-refractivity contribution >= 4 is 18.3 Å². The Morgan fingerprint density at radius 2 is 1.94 bits per heavy atom. The van der Waals surface area contributed by atoms with Crippen molar-refractivity contribution in [1.82, 2.24) is 10.2 Å². The lowest BCUT2D eigenvalue weighted by atomic mass is 9.78. The highest BCUT2D eigenvalue weighted by molar-refractivity contribution is 5.85. The first-order valence-corrected chi connectivity index (χ1v) is 6.30. The lowest BCUT2D eigenvalue weighted by molar-refractivity contribution is -0.137. The number of likely N-dealkylation sites (tertiary alicyclic amines) is 1. The van der Waals surface area contributed by atoms with Gasteiger partial charge in [0.05, 0.1) is 5.41 Å². The summed E-state index contributed by atoms with van der Waals surface area (Å²) < 4.78 is 0. The van der Waals surface area contributed by atoms with E-state index in [1.807, 2.05) is 0 Å². The van der Waals surface area contributed by atoms with Crippen LogP contribution in [0.1, 0.15) is 32.1 Å². The summed E-state index contributed by atoms with van der Waals surface area (Å²) in [6, 6.07) is 0. The summed E-state index contributed by atoms with van der Waals surface area (Å²) in [5, 5.41) is 3.35. The summed E-state index contributed by atoms with van der Waals surface area (Å²) in [6.07, 6.45) is 5.93. The van der Waals surface area contributed by atoms with Crippen molar-refractivity contribution in [3.05, 3.63) is 0 Å². The van der Waals surface area contributed by atoms with Crippen LogP contribution >= 0.6 is 12.4 Å². The zero-order valence-corrected chi connectivity index (χ0v) is 10.5. The third kappa shape index (κ3) is 2.07. The van der Waals surface area contributed by atoms with E-state index < -0.39 is 0 Å². The highest BCUT2D eigenvalue weighted by atomic mass is 35.5. The monoisotopic (exact) mass is 244 g/mol. The maximum atomic E-state index is 12.3. The van der Waals surface area contributed by atoms with E-state index in [9.17, 15) is 4.79 Å². The van der Waals surface area contributed by atoms with Gasteiger partial charge in [0.2, 0.25) is 5.91 Å². The molecular formula is C12H21ClN2O. The van der Waals surface area contributed by atoms with E-state index in [2.05, 4.69) is 10.2 Å². The fraction of sp³-hybridized carbons (Fsp3) is 0.917. The van der Waals surface area contributed by atoms with Crippen molar-refractivity contribution in [2.75, 3.05) is 26.2 Å². The predicted octanol–water partition coefficient (Wildman–Crippen LogP) is 1.42. The predicted molar refractivity (Wildman–Crippen MR) is 65.7 cm³/mol. The third-order valence-electron chi connectivity index (χ3n) is 4.34. The molecule has 1 saturated carbocycles. The summed E-state index contributed by atoms with van der Waals surface area (Å²) in [6.45, 7) is 4.13. The Hall–Kier alpha value is -0.280. The van der Waals surface area contributed by atoms with Gasteiger partial charge in [-0.15, -0.1) is 12.4 Å². The molecule has 1 spiro atoms. The number of amides is 1. The average molecular weight is 245 g/mol. The molecule has 0 aromatic carbocycles. The van der Waals surface area contributed by atoms with Crippen LogP contribution in [0.5, 0.6) is 0 Å². The van der Waals surface area contributed by atoms with E-state index in [1.54, 1.807) is 0 Å². The van der Waals surface area contributed by atoms with Crippen molar-refractivity contribution in [1.29, 1.82) is 0 Å². The van der Waals surface area contributed by atoms with E-state index in [4.69, 9.17) is 0 Å². The van der Waals surface area contributed by atoms with Gasteiger partial charge in [0.15, 0.2) is 0 Å². The topological polar surface area (TPSA) is 32.3 Å². The first kappa shape index (κ1) is 12.2. The number of carbonyl (C=O) groups excluding carboxylic acids is 1. The molecule has 3 rings (SSSR count). The molecule has 0 aromatic rings. The molecule has 92 valence electrons. The van der Waals surface area contributed by atoms with Gasteiger partial charge in [-0.1, -0.05) is 0 Å². The molecule has 2 aliphatic heterocycles. The van der Waals surface area contributed by atoms with Gasteiger partial charge in [-0.3, -0.25) is 4.79 Å². The second-order valence-electron chi connectivity index (χ2n) is 5.47. The van der Waals surface area contributed by atoms with Crippen molar-refractivity contribution in [2.45, 2.75) is 32.1 Å². The van der Waals surface area contributed by atoms with Crippen LogP contribution in [-0.4, -0.2) is 37.0 Å². The largest absolute Gasteiger partial charge is 0.342 e. The minimum Gasteiger partial charge on any atom is -0.342 e. The molecule has 2 saturated heterocycles. The number of hydrogen-bond acceptors (Lipinski definition) is 2. The normalized spacial score (nSPS) is 28.2. The van der Waals surface area contributed by atoms with Crippen LogP contribution in [0.25, 0.3) is 0 Å². The lowest BCUT2D eigenvalue weighted by Crippen LogP contribution is -2.43. The number of nitrogens with zero attached hydrogens (tertiary/aromatic N) is 1. The molecule has 2 heterocycles. The molecular weight excluding hydrogens is 224 g/mol. The lowest BCUT2D eigenvalue weighted by Gasteiger charge is -2.32. The van der Waals surface area contributed by atoms with Gasteiger partial charge in [0.25, 0.3) is 0 Å². The fourth-order valence-corrected chi connectivity index (χ4v) is 3.05. The highest BCUT2D eigenvalue weighted by Crippen LogP contribution is 2.41. The summed E-state index contributed by atoms with van der Waals surface area (Å²) in [5.74, 6) is 1.31. The van der Waals surface area contributed by atoms with Crippen LogP contribution < -0.4 is 5.32 Å². The van der Waals surface area contributed by atoms with Crippen molar-refractivity contribution in [3.8, 4) is 0 Å². The van der Waals surface area contributed by atoms with Crippen LogP contribution in [0, 0.1) is 11.3 Å². The summed E-state index contributed by atoms with van der Waals surface area (Å²) in [4.78, 5) is 14.5. The number of halogens is 1. The first-order valence-electron chi connectivity index (χ1n) is 6.30. The number of piperidine rings is 1. The first-order chi connectivity index (χ1) is 7.30. The van der Waals surface area contributed by atoms with Gasteiger partial charge in [0, 0.05) is 13.1 Å². The molecule has 0 bridgehead atoms. The second-order valence-corrected chi connectivity index (χ2v) is 5.47. The Morgan fingerprint density at radius 3 is 2.56 bits per heavy atom. The quantitative estimate of drug-likeness (QED) is 0.797. The summed E-state index contributed by atoms with van der Waals surface area (Å²) in [7, 11) is 0. The highest BCUT2D eigenvalue weighted by Gasteiger charge is 2.47. The van der Waals surface area contributed by atoms with E-state index in [-0.39, 0.29) is 17.8 Å². The van der Waals surface area contributed by atoms with Gasteiger partial charge in [-0.2, -0.15) is 0 Å². The zero-order valence-electron chi connectivity index (χ0n) is 9.71. The van der Waals surface area contributed by atoms with E-state index in [1.165, 1.54) is 12.8 Å². The molecule has 3 aliphatic rings. The van der Waals surface area contributed by atoms with Crippen molar-refractivity contribution in [2.24, 2.45) is 11.3 Å². The molecule has 0 aromatic heterocycles. The van der Waals surface area contributed by atoms with Gasteiger partial charge >= 0.3 is 0 Å². The molecule has 0 unspecified atom stereocenters. The smallest absolute Gasteiger partial charge is 0.228 e. The number of rotatable bonds is 2. The standard InChI is InChI=1S/C12H20N2O.ClH/c15-11-12(3-6-13-7-4-12)5-8-14(11)9-10-1-2-10;/h10,13H,1-9H2;1H. The van der Waals surface area contributed by atoms with Crippen LogP contribution in [-0.2, 0) is 4.79 Å². The summed E-state index contributed by atoms with van der Waals surface area (Å²) in [5.41, 5.74) is 0.0418. The van der Waals surface area contributed by atoms with Gasteiger partial charge in [-0.05, 0) is 51.1 Å². The Morgan fingerprint density at radius 1 is 1.25 bits per heavy atom. The minimum atomic E-state index is 0.